The number of carboxylic acid groups (broad SMARTS) is 1. The summed E-state index contributed by atoms with van der Waals surface area (Å²) >= 11 is 1.22. The number of unbranched alkanes of at least 4 members (excludes halogenated alkanes) is 1. The van der Waals surface area contributed by atoms with E-state index in [4.69, 9.17) is 5.11 Å². The van der Waals surface area contributed by atoms with Crippen molar-refractivity contribution in [3.05, 3.63) is 5.82 Å². The first-order valence-corrected chi connectivity index (χ1v) is 7.32. The molecule has 0 spiro atoms. The van der Waals surface area contributed by atoms with Crippen LogP contribution in [-0.2, 0) is 11.8 Å². The monoisotopic (exact) mass is 271 g/mol. The fourth-order valence-corrected chi connectivity index (χ4v) is 2.54. The summed E-state index contributed by atoms with van der Waals surface area (Å²) in [4.78, 5) is 10.5. The molecule has 1 unspecified atom stereocenters. The van der Waals surface area contributed by atoms with E-state index in [-0.39, 0.29) is 5.75 Å². The Kier molecular flexibility index (Phi) is 6.18. The molecule has 0 aliphatic heterocycles. The standard InChI is InChI=1S/C12H21N3O2S/c1-4-6-7-9(5-2)11-13-14-12(15(11)3)18-8-10(16)17/h9H,4-8H2,1-3H3,(H,16,17). The van der Waals surface area contributed by atoms with Crippen molar-refractivity contribution in [1.29, 1.82) is 0 Å². The first kappa shape index (κ1) is 15.0. The Balaban J connectivity index is 2.73. The molecular formula is C12H21N3O2S. The highest BCUT2D eigenvalue weighted by Gasteiger charge is 2.18. The van der Waals surface area contributed by atoms with Crippen LogP contribution in [0.4, 0.5) is 0 Å². The molecule has 102 valence electrons. The van der Waals surface area contributed by atoms with Crippen LogP contribution >= 0.6 is 11.8 Å². The summed E-state index contributed by atoms with van der Waals surface area (Å²) in [6.07, 6.45) is 4.51. The maximum atomic E-state index is 10.5. The molecule has 0 bridgehead atoms. The smallest absolute Gasteiger partial charge is 0.313 e. The minimum Gasteiger partial charge on any atom is -0.481 e. The van der Waals surface area contributed by atoms with Crippen molar-refractivity contribution in [2.45, 2.75) is 50.6 Å². The van der Waals surface area contributed by atoms with Gasteiger partial charge in [0, 0.05) is 13.0 Å². The van der Waals surface area contributed by atoms with Gasteiger partial charge in [-0.25, -0.2) is 0 Å². The van der Waals surface area contributed by atoms with Crippen molar-refractivity contribution in [3.63, 3.8) is 0 Å². The van der Waals surface area contributed by atoms with Crippen molar-refractivity contribution < 1.29 is 9.90 Å². The normalized spacial score (nSPS) is 12.6. The molecule has 0 saturated carbocycles. The molecule has 18 heavy (non-hydrogen) atoms. The third-order valence-corrected chi connectivity index (χ3v) is 3.96. The van der Waals surface area contributed by atoms with E-state index in [1.165, 1.54) is 24.6 Å². The minimum absolute atomic E-state index is 0.0255. The lowest BCUT2D eigenvalue weighted by Gasteiger charge is -2.13. The number of rotatable bonds is 8. The molecule has 1 heterocycles. The SMILES string of the molecule is CCCCC(CC)c1nnc(SCC(=O)O)n1C. The summed E-state index contributed by atoms with van der Waals surface area (Å²) < 4.78 is 1.93. The van der Waals surface area contributed by atoms with E-state index < -0.39 is 5.97 Å². The lowest BCUT2D eigenvalue weighted by atomic mass is 9.99. The van der Waals surface area contributed by atoms with Crippen LogP contribution in [0.5, 0.6) is 0 Å². The summed E-state index contributed by atoms with van der Waals surface area (Å²) in [5, 5.41) is 17.6. The molecule has 1 rings (SSSR count). The number of nitrogens with zero attached hydrogens (tertiary/aromatic N) is 3. The summed E-state index contributed by atoms with van der Waals surface area (Å²) in [7, 11) is 1.91. The van der Waals surface area contributed by atoms with Crippen LogP contribution in [0.15, 0.2) is 5.16 Å². The fourth-order valence-electron chi connectivity index (χ4n) is 1.90. The summed E-state index contributed by atoms with van der Waals surface area (Å²) in [6.45, 7) is 4.33. The molecule has 6 heteroatoms. The van der Waals surface area contributed by atoms with Crippen molar-refractivity contribution in [1.82, 2.24) is 14.8 Å². The van der Waals surface area contributed by atoms with Gasteiger partial charge < -0.3 is 9.67 Å². The molecule has 1 aromatic rings. The zero-order valence-corrected chi connectivity index (χ0v) is 12.0. The molecule has 5 nitrogen and oxygen atoms in total. The average molecular weight is 271 g/mol. The maximum absolute atomic E-state index is 10.5. The van der Waals surface area contributed by atoms with Crippen LogP contribution in [0.3, 0.4) is 0 Å². The predicted octanol–water partition coefficient (Wildman–Crippen LogP) is 2.68. The Morgan fingerprint density at radius 1 is 1.44 bits per heavy atom. The highest BCUT2D eigenvalue weighted by atomic mass is 32.2. The van der Waals surface area contributed by atoms with Gasteiger partial charge in [-0.15, -0.1) is 10.2 Å². The van der Waals surface area contributed by atoms with Gasteiger partial charge in [0.05, 0.1) is 5.75 Å². The van der Waals surface area contributed by atoms with Crippen molar-refractivity contribution >= 4 is 17.7 Å². The third-order valence-electron chi connectivity index (χ3n) is 2.96. The first-order chi connectivity index (χ1) is 8.60. The molecule has 0 aliphatic carbocycles. The van der Waals surface area contributed by atoms with Gasteiger partial charge in [0.25, 0.3) is 0 Å². The van der Waals surface area contributed by atoms with Gasteiger partial charge in [-0.05, 0) is 12.8 Å². The van der Waals surface area contributed by atoms with E-state index in [9.17, 15) is 4.79 Å². The molecule has 1 atom stereocenters. The van der Waals surface area contributed by atoms with Crippen LogP contribution in [-0.4, -0.2) is 31.6 Å². The van der Waals surface area contributed by atoms with Crippen molar-refractivity contribution in [3.8, 4) is 0 Å². The quantitative estimate of drug-likeness (QED) is 0.736. The second-order valence-electron chi connectivity index (χ2n) is 4.33. The number of hydrogen-bond acceptors (Lipinski definition) is 4. The van der Waals surface area contributed by atoms with E-state index in [0.29, 0.717) is 11.1 Å². The first-order valence-electron chi connectivity index (χ1n) is 6.34. The Labute approximate surface area is 112 Å². The van der Waals surface area contributed by atoms with E-state index in [1.54, 1.807) is 0 Å². The Bertz CT molecular complexity index is 393. The van der Waals surface area contributed by atoms with E-state index in [2.05, 4.69) is 24.0 Å². The minimum atomic E-state index is -0.831. The van der Waals surface area contributed by atoms with Gasteiger partial charge in [0.1, 0.15) is 5.82 Å². The van der Waals surface area contributed by atoms with Gasteiger partial charge in [0.15, 0.2) is 5.16 Å². The highest BCUT2D eigenvalue weighted by Crippen LogP contribution is 2.26. The van der Waals surface area contributed by atoms with Crippen LogP contribution < -0.4 is 0 Å². The fraction of sp³-hybridized carbons (Fsp3) is 0.750. The number of carbonyl (C=O) groups is 1. The van der Waals surface area contributed by atoms with Crippen LogP contribution in [0, 0.1) is 0 Å². The number of aliphatic carboxylic acids is 1. The third kappa shape index (κ3) is 4.01. The molecule has 0 aliphatic rings. The largest absolute Gasteiger partial charge is 0.481 e. The summed E-state index contributed by atoms with van der Waals surface area (Å²) in [6, 6.07) is 0. The Morgan fingerprint density at radius 2 is 2.17 bits per heavy atom. The maximum Gasteiger partial charge on any atom is 0.313 e. The van der Waals surface area contributed by atoms with Crippen LogP contribution in [0.1, 0.15) is 51.3 Å². The molecular weight excluding hydrogens is 250 g/mol. The second-order valence-corrected chi connectivity index (χ2v) is 5.27. The van der Waals surface area contributed by atoms with Gasteiger partial charge in [-0.1, -0.05) is 38.5 Å². The Morgan fingerprint density at radius 3 is 2.72 bits per heavy atom. The van der Waals surface area contributed by atoms with Crippen molar-refractivity contribution in [2.75, 3.05) is 5.75 Å². The molecule has 1 N–H and O–H groups in total. The van der Waals surface area contributed by atoms with Gasteiger partial charge in [0.2, 0.25) is 0 Å². The molecule has 0 radical (unpaired) electrons. The van der Waals surface area contributed by atoms with Gasteiger partial charge in [-0.2, -0.15) is 0 Å². The van der Waals surface area contributed by atoms with E-state index in [0.717, 1.165) is 18.7 Å². The van der Waals surface area contributed by atoms with Gasteiger partial charge >= 0.3 is 5.97 Å². The number of aromatic nitrogens is 3. The van der Waals surface area contributed by atoms with Gasteiger partial charge in [-0.3, -0.25) is 4.79 Å². The van der Waals surface area contributed by atoms with E-state index in [1.807, 2.05) is 11.6 Å². The molecule has 0 fully saturated rings. The molecule has 0 amide bonds. The number of thioether (sulfide) groups is 1. The summed E-state index contributed by atoms with van der Waals surface area (Å²) in [5.74, 6) is 0.584. The average Bonchev–Trinajstić information content (AvgIpc) is 2.70. The topological polar surface area (TPSA) is 68.0 Å². The number of carboxylic acids is 1. The van der Waals surface area contributed by atoms with Crippen LogP contribution in [0.25, 0.3) is 0 Å². The second kappa shape index (κ2) is 7.41. The Hall–Kier alpha value is -1.04. The lowest BCUT2D eigenvalue weighted by Crippen LogP contribution is -2.07. The molecule has 0 saturated heterocycles. The van der Waals surface area contributed by atoms with Crippen molar-refractivity contribution in [2.24, 2.45) is 7.05 Å². The zero-order chi connectivity index (χ0) is 13.5. The highest BCUT2D eigenvalue weighted by molar-refractivity contribution is 7.99. The van der Waals surface area contributed by atoms with Crippen LogP contribution in [0.2, 0.25) is 0 Å². The van der Waals surface area contributed by atoms with E-state index >= 15 is 0 Å². The zero-order valence-electron chi connectivity index (χ0n) is 11.2. The predicted molar refractivity (Wildman–Crippen MR) is 71.9 cm³/mol. The number of hydrogen-bond donors (Lipinski definition) is 1. The lowest BCUT2D eigenvalue weighted by molar-refractivity contribution is -0.133. The molecule has 1 aromatic heterocycles. The molecule has 0 aromatic carbocycles. The summed E-state index contributed by atoms with van der Waals surface area (Å²) in [5.41, 5.74) is 0.